The van der Waals surface area contributed by atoms with Crippen molar-refractivity contribution >= 4 is 22.8 Å². The molecule has 2 saturated heterocycles. The van der Waals surface area contributed by atoms with Gasteiger partial charge in [-0.2, -0.15) is 5.10 Å². The minimum absolute atomic E-state index is 0.174. The summed E-state index contributed by atoms with van der Waals surface area (Å²) in [6.45, 7) is 5.68. The summed E-state index contributed by atoms with van der Waals surface area (Å²) in [6.07, 6.45) is 7.67. The van der Waals surface area contributed by atoms with Crippen LogP contribution in [0.2, 0.25) is 0 Å². The minimum Gasteiger partial charge on any atom is -0.356 e. The average Bonchev–Trinajstić information content (AvgIpc) is 3.36. The number of carbonyl (C=O) groups is 1. The van der Waals surface area contributed by atoms with Crippen molar-refractivity contribution in [2.75, 3.05) is 31.1 Å². The lowest BCUT2D eigenvalue weighted by molar-refractivity contribution is -0.135. The van der Waals surface area contributed by atoms with Crippen molar-refractivity contribution in [3.63, 3.8) is 0 Å². The van der Waals surface area contributed by atoms with E-state index in [2.05, 4.69) is 19.9 Å². The van der Waals surface area contributed by atoms with Crippen molar-refractivity contribution in [1.82, 2.24) is 24.6 Å². The van der Waals surface area contributed by atoms with Gasteiger partial charge in [0.05, 0.1) is 11.6 Å². The molecule has 3 fully saturated rings. The van der Waals surface area contributed by atoms with Crippen LogP contribution >= 0.6 is 0 Å². The third-order valence-electron chi connectivity index (χ3n) is 6.87. The Hall–Kier alpha value is -2.18. The second kappa shape index (κ2) is 6.46. The molecular formula is C20H28N6O. The summed E-state index contributed by atoms with van der Waals surface area (Å²) < 4.78 is 1.80. The molecular weight excluding hydrogens is 340 g/mol. The summed E-state index contributed by atoms with van der Waals surface area (Å²) >= 11 is 0. The molecule has 1 amide bonds. The zero-order valence-corrected chi connectivity index (χ0v) is 16.3. The van der Waals surface area contributed by atoms with Gasteiger partial charge in [-0.15, -0.1) is 0 Å². The number of aryl methyl sites for hydroxylation is 2. The van der Waals surface area contributed by atoms with Crippen LogP contribution in [0.3, 0.4) is 0 Å². The highest BCUT2D eigenvalue weighted by Gasteiger charge is 2.40. The predicted octanol–water partition coefficient (Wildman–Crippen LogP) is 2.15. The highest BCUT2D eigenvalue weighted by molar-refractivity contribution is 5.87. The fourth-order valence-electron chi connectivity index (χ4n) is 5.37. The molecule has 4 heterocycles. The Labute approximate surface area is 159 Å². The van der Waals surface area contributed by atoms with Crippen molar-refractivity contribution in [2.24, 2.45) is 24.8 Å². The molecule has 7 nitrogen and oxygen atoms in total. The van der Waals surface area contributed by atoms with E-state index in [1.165, 1.54) is 19.3 Å². The molecule has 5 rings (SSSR count). The molecule has 27 heavy (non-hydrogen) atoms. The van der Waals surface area contributed by atoms with Crippen LogP contribution in [0.15, 0.2) is 6.20 Å². The lowest BCUT2D eigenvalue weighted by atomic mass is 9.95. The fraction of sp³-hybridized carbons (Fsp3) is 0.700. The van der Waals surface area contributed by atoms with E-state index in [1.807, 2.05) is 20.2 Å². The molecule has 2 unspecified atom stereocenters. The summed E-state index contributed by atoms with van der Waals surface area (Å²) in [4.78, 5) is 26.7. The number of fused-ring (bicyclic) bond motifs is 2. The smallest absolute Gasteiger partial charge is 0.225 e. The van der Waals surface area contributed by atoms with Gasteiger partial charge in [0.2, 0.25) is 5.91 Å². The van der Waals surface area contributed by atoms with E-state index in [0.29, 0.717) is 5.91 Å². The van der Waals surface area contributed by atoms with Crippen LogP contribution in [-0.2, 0) is 11.8 Å². The Morgan fingerprint density at radius 3 is 2.48 bits per heavy atom. The largest absolute Gasteiger partial charge is 0.356 e. The first-order chi connectivity index (χ1) is 13.1. The Kier molecular flexibility index (Phi) is 4.06. The van der Waals surface area contributed by atoms with Crippen LogP contribution in [0.5, 0.6) is 0 Å². The van der Waals surface area contributed by atoms with Crippen LogP contribution in [0.1, 0.15) is 37.9 Å². The number of rotatable bonds is 2. The second-order valence-corrected chi connectivity index (χ2v) is 8.56. The molecule has 0 aromatic carbocycles. The SMILES string of the molecule is Cc1nc(N2CCC(C(=O)N3CC4CCCC4C3)CC2)c2cnn(C)c2n1. The third-order valence-corrected chi connectivity index (χ3v) is 6.87. The summed E-state index contributed by atoms with van der Waals surface area (Å²) in [5.41, 5.74) is 0.874. The second-order valence-electron chi connectivity index (χ2n) is 8.56. The number of aromatic nitrogens is 4. The molecule has 144 valence electrons. The first kappa shape index (κ1) is 17.0. The minimum atomic E-state index is 0.174. The zero-order chi connectivity index (χ0) is 18.5. The van der Waals surface area contributed by atoms with Gasteiger partial charge in [-0.05, 0) is 44.4 Å². The Balaban J connectivity index is 1.27. The lowest BCUT2D eigenvalue weighted by Gasteiger charge is -2.34. The van der Waals surface area contributed by atoms with E-state index in [1.54, 1.807) is 4.68 Å². The third kappa shape index (κ3) is 2.87. The van der Waals surface area contributed by atoms with E-state index in [9.17, 15) is 4.79 Å². The van der Waals surface area contributed by atoms with Crippen molar-refractivity contribution in [3.8, 4) is 0 Å². The number of anilines is 1. The molecule has 0 bridgehead atoms. The predicted molar refractivity (Wildman–Crippen MR) is 103 cm³/mol. The number of piperidine rings is 1. The van der Waals surface area contributed by atoms with E-state index in [-0.39, 0.29) is 5.92 Å². The molecule has 3 aliphatic rings. The van der Waals surface area contributed by atoms with Crippen LogP contribution in [-0.4, -0.2) is 56.7 Å². The lowest BCUT2D eigenvalue weighted by Crippen LogP contribution is -2.42. The molecule has 0 radical (unpaired) electrons. The summed E-state index contributed by atoms with van der Waals surface area (Å²) in [7, 11) is 1.91. The molecule has 1 saturated carbocycles. The van der Waals surface area contributed by atoms with Gasteiger partial charge in [-0.3, -0.25) is 9.48 Å². The Bertz CT molecular complexity index is 857. The molecule has 2 aromatic heterocycles. The van der Waals surface area contributed by atoms with Gasteiger partial charge in [-0.25, -0.2) is 9.97 Å². The van der Waals surface area contributed by atoms with Crippen molar-refractivity contribution in [2.45, 2.75) is 39.0 Å². The van der Waals surface area contributed by atoms with Crippen LogP contribution in [0.4, 0.5) is 5.82 Å². The molecule has 7 heteroatoms. The van der Waals surface area contributed by atoms with Crippen molar-refractivity contribution in [3.05, 3.63) is 12.0 Å². The van der Waals surface area contributed by atoms with E-state index >= 15 is 0 Å². The van der Waals surface area contributed by atoms with Gasteiger partial charge in [0.1, 0.15) is 11.6 Å². The number of likely N-dealkylation sites (tertiary alicyclic amines) is 1. The highest BCUT2D eigenvalue weighted by Crippen LogP contribution is 2.39. The van der Waals surface area contributed by atoms with E-state index in [0.717, 1.165) is 73.5 Å². The fourth-order valence-corrected chi connectivity index (χ4v) is 5.37. The average molecular weight is 368 g/mol. The topological polar surface area (TPSA) is 67.2 Å². The standard InChI is InChI=1S/C20H28N6O/c1-13-22-18-17(10-21-24(18)2)19(23-13)25-8-6-14(7-9-25)20(27)26-11-15-4-3-5-16(15)12-26/h10,14-16H,3-9,11-12H2,1-2H3. The van der Waals surface area contributed by atoms with Gasteiger partial charge in [-0.1, -0.05) is 6.42 Å². The summed E-state index contributed by atoms with van der Waals surface area (Å²) in [5, 5.41) is 5.34. The molecule has 2 atom stereocenters. The molecule has 1 aliphatic carbocycles. The highest BCUT2D eigenvalue weighted by atomic mass is 16.2. The number of hydrogen-bond acceptors (Lipinski definition) is 5. The summed E-state index contributed by atoms with van der Waals surface area (Å²) in [5.74, 6) is 3.85. The number of hydrogen-bond donors (Lipinski definition) is 0. The number of nitrogens with zero attached hydrogens (tertiary/aromatic N) is 6. The van der Waals surface area contributed by atoms with Crippen molar-refractivity contribution in [1.29, 1.82) is 0 Å². The Morgan fingerprint density at radius 2 is 1.78 bits per heavy atom. The van der Waals surface area contributed by atoms with Gasteiger partial charge >= 0.3 is 0 Å². The van der Waals surface area contributed by atoms with E-state index < -0.39 is 0 Å². The first-order valence-corrected chi connectivity index (χ1v) is 10.3. The van der Waals surface area contributed by atoms with Crippen LogP contribution in [0.25, 0.3) is 11.0 Å². The van der Waals surface area contributed by atoms with Gasteiger partial charge in [0.15, 0.2) is 5.65 Å². The molecule has 2 aromatic rings. The molecule has 2 aliphatic heterocycles. The van der Waals surface area contributed by atoms with E-state index in [4.69, 9.17) is 4.98 Å². The first-order valence-electron chi connectivity index (χ1n) is 10.3. The monoisotopic (exact) mass is 368 g/mol. The van der Waals surface area contributed by atoms with Gasteiger partial charge in [0, 0.05) is 39.1 Å². The van der Waals surface area contributed by atoms with Gasteiger partial charge < -0.3 is 9.80 Å². The number of amides is 1. The maximum atomic E-state index is 13.0. The van der Waals surface area contributed by atoms with Crippen LogP contribution < -0.4 is 4.90 Å². The normalized spacial score (nSPS) is 26.1. The molecule has 0 spiro atoms. The summed E-state index contributed by atoms with van der Waals surface area (Å²) in [6, 6.07) is 0. The van der Waals surface area contributed by atoms with Gasteiger partial charge in [0.25, 0.3) is 0 Å². The maximum Gasteiger partial charge on any atom is 0.225 e. The van der Waals surface area contributed by atoms with Crippen LogP contribution in [0, 0.1) is 24.7 Å². The quantitative estimate of drug-likeness (QED) is 0.812. The maximum absolute atomic E-state index is 13.0. The van der Waals surface area contributed by atoms with Crippen molar-refractivity contribution < 1.29 is 4.79 Å². The zero-order valence-electron chi connectivity index (χ0n) is 16.3. The number of carbonyl (C=O) groups excluding carboxylic acids is 1. The Morgan fingerprint density at radius 1 is 1.07 bits per heavy atom. The molecule has 0 N–H and O–H groups in total.